The molecule has 0 bridgehead atoms. The molecule has 2 aliphatic carbocycles. The first-order chi connectivity index (χ1) is 15.3. The maximum atomic E-state index is 14.3. The minimum Gasteiger partial charge on any atom is -0.497 e. The summed E-state index contributed by atoms with van der Waals surface area (Å²) in [4.78, 5) is 14.3. The third-order valence-corrected chi connectivity index (χ3v) is 7.94. The Balaban J connectivity index is 1.32. The third-order valence-electron chi connectivity index (χ3n) is 6.87. The van der Waals surface area contributed by atoms with Gasteiger partial charge in [0.05, 0.1) is 13.7 Å². The Kier molecular flexibility index (Phi) is 7.21. The summed E-state index contributed by atoms with van der Waals surface area (Å²) < 4.78 is 37.6. The van der Waals surface area contributed by atoms with Crippen LogP contribution in [0.15, 0.2) is 36.5 Å². The number of benzene rings is 1. The molecule has 0 aliphatic heterocycles. The molecule has 4 rings (SSSR count). The van der Waals surface area contributed by atoms with Crippen molar-refractivity contribution < 1.29 is 23.3 Å². The van der Waals surface area contributed by atoms with Crippen molar-refractivity contribution in [3.8, 4) is 11.6 Å². The lowest BCUT2D eigenvalue weighted by molar-refractivity contribution is 0.193. The molecule has 2 aliphatic rings. The summed E-state index contributed by atoms with van der Waals surface area (Å²) >= 11 is 0. The van der Waals surface area contributed by atoms with Crippen molar-refractivity contribution in [3.05, 3.63) is 53.5 Å². The molecule has 7 heteroatoms. The van der Waals surface area contributed by atoms with Crippen LogP contribution >= 0.6 is 7.37 Å². The highest BCUT2D eigenvalue weighted by Gasteiger charge is 2.35. The molecule has 2 aromatic rings. The zero-order valence-corrected chi connectivity index (χ0v) is 19.8. The fraction of sp³-hybridized carbons (Fsp3) is 0.560. The molecule has 2 atom stereocenters. The summed E-state index contributed by atoms with van der Waals surface area (Å²) in [6.07, 6.45) is 8.09. The summed E-state index contributed by atoms with van der Waals surface area (Å²) in [5.74, 6) is 2.33. The van der Waals surface area contributed by atoms with Crippen LogP contribution in [-0.4, -0.2) is 36.4 Å². The summed E-state index contributed by atoms with van der Waals surface area (Å²) in [5.41, 5.74) is 1.80. The lowest BCUT2D eigenvalue weighted by Crippen LogP contribution is -2.20. The van der Waals surface area contributed by atoms with Crippen molar-refractivity contribution in [3.63, 3.8) is 0 Å². The lowest BCUT2D eigenvalue weighted by atomic mass is 9.79. The predicted octanol–water partition coefficient (Wildman–Crippen LogP) is 5.98. The van der Waals surface area contributed by atoms with Gasteiger partial charge in [0, 0.05) is 25.1 Å². The van der Waals surface area contributed by atoms with Gasteiger partial charge in [0.2, 0.25) is 5.88 Å². The van der Waals surface area contributed by atoms with Crippen LogP contribution in [0.3, 0.4) is 0 Å². The van der Waals surface area contributed by atoms with Gasteiger partial charge in [-0.05, 0) is 97.6 Å². The van der Waals surface area contributed by atoms with Crippen LogP contribution in [0.5, 0.6) is 11.6 Å². The van der Waals surface area contributed by atoms with Gasteiger partial charge in [-0.2, -0.15) is 0 Å². The number of hydrogen-bond acceptors (Lipinski definition) is 4. The zero-order valence-electron chi connectivity index (χ0n) is 18.9. The number of ether oxygens (including phenoxy) is 2. The van der Waals surface area contributed by atoms with Crippen LogP contribution in [0, 0.1) is 17.7 Å². The highest BCUT2D eigenvalue weighted by molar-refractivity contribution is 7.57. The number of pyridine rings is 1. The topological polar surface area (TPSA) is 68.7 Å². The maximum absolute atomic E-state index is 14.3. The number of aromatic nitrogens is 1. The molecule has 1 heterocycles. The summed E-state index contributed by atoms with van der Waals surface area (Å²) in [6.45, 7) is 2.03. The number of hydrogen-bond donors (Lipinski definition) is 1. The van der Waals surface area contributed by atoms with Crippen molar-refractivity contribution in [2.45, 2.75) is 50.4 Å². The van der Waals surface area contributed by atoms with Crippen LogP contribution in [0.2, 0.25) is 0 Å². The van der Waals surface area contributed by atoms with Crippen molar-refractivity contribution in [1.29, 1.82) is 0 Å². The van der Waals surface area contributed by atoms with Crippen molar-refractivity contribution >= 4 is 7.37 Å². The van der Waals surface area contributed by atoms with Crippen LogP contribution < -0.4 is 9.47 Å². The smallest absolute Gasteiger partial charge is 0.213 e. The Morgan fingerprint density at radius 3 is 2.56 bits per heavy atom. The van der Waals surface area contributed by atoms with E-state index in [2.05, 4.69) is 4.98 Å². The number of halogens is 1. The number of methoxy groups -OCH3 is 1. The molecule has 0 spiro atoms. The zero-order chi connectivity index (χ0) is 22.7. The SMILES string of the molecule is COc1ccc(F)c([C@H]2CC[C@H](COc3cc([C@@H](CP(C)(=O)O)C4CC4)ccn3)CC2)c1. The molecule has 1 unspecified atom stereocenters. The van der Waals surface area contributed by atoms with E-state index in [9.17, 15) is 13.8 Å². The Morgan fingerprint density at radius 1 is 1.16 bits per heavy atom. The van der Waals surface area contributed by atoms with E-state index in [-0.39, 0.29) is 17.7 Å². The van der Waals surface area contributed by atoms with E-state index in [0.717, 1.165) is 49.7 Å². The molecule has 2 saturated carbocycles. The second-order valence-electron chi connectivity index (χ2n) is 9.52. The van der Waals surface area contributed by atoms with Gasteiger partial charge in [-0.15, -0.1) is 0 Å². The molecule has 1 aromatic heterocycles. The first kappa shape index (κ1) is 23.3. The second kappa shape index (κ2) is 9.93. The highest BCUT2D eigenvalue weighted by Crippen LogP contribution is 2.50. The van der Waals surface area contributed by atoms with E-state index in [1.54, 1.807) is 19.4 Å². The predicted molar refractivity (Wildman–Crippen MR) is 123 cm³/mol. The molecule has 174 valence electrons. The van der Waals surface area contributed by atoms with Gasteiger partial charge in [0.15, 0.2) is 7.37 Å². The molecule has 0 amide bonds. The standard InChI is InChI=1S/C25H33FNO4P/c1-30-21-9-10-24(26)22(14-21)18-5-3-17(4-6-18)15-31-25-13-20(11-12-27-25)23(19-7-8-19)16-32(2,28)29/h9-14,17-19,23H,3-8,15-16H2,1-2H3,(H,28,29)/t17-,18-,23-/m0/s1. The average molecular weight is 462 g/mol. The third kappa shape index (κ3) is 6.11. The monoisotopic (exact) mass is 461 g/mol. The molecule has 5 nitrogen and oxygen atoms in total. The second-order valence-corrected chi connectivity index (χ2v) is 12.0. The van der Waals surface area contributed by atoms with E-state index < -0.39 is 7.37 Å². The van der Waals surface area contributed by atoms with Gasteiger partial charge in [0.25, 0.3) is 0 Å². The number of nitrogens with zero attached hydrogens (tertiary/aromatic N) is 1. The molecule has 1 N–H and O–H groups in total. The fourth-order valence-electron chi connectivity index (χ4n) is 4.93. The van der Waals surface area contributed by atoms with Crippen LogP contribution in [0.25, 0.3) is 0 Å². The molecular formula is C25H33FNO4P. The van der Waals surface area contributed by atoms with E-state index in [1.807, 2.05) is 18.2 Å². The molecule has 32 heavy (non-hydrogen) atoms. The van der Waals surface area contributed by atoms with Crippen molar-refractivity contribution in [2.24, 2.45) is 11.8 Å². The average Bonchev–Trinajstić information content (AvgIpc) is 3.62. The van der Waals surface area contributed by atoms with Gasteiger partial charge in [0.1, 0.15) is 11.6 Å². The van der Waals surface area contributed by atoms with Gasteiger partial charge < -0.3 is 14.4 Å². The first-order valence-corrected chi connectivity index (χ1v) is 13.8. The van der Waals surface area contributed by atoms with Gasteiger partial charge >= 0.3 is 0 Å². The minimum absolute atomic E-state index is 0.0920. The Hall–Kier alpha value is -1.91. The molecule has 0 saturated heterocycles. The lowest BCUT2D eigenvalue weighted by Gasteiger charge is -2.29. The molecular weight excluding hydrogens is 428 g/mol. The Bertz CT molecular complexity index is 966. The van der Waals surface area contributed by atoms with E-state index in [4.69, 9.17) is 9.47 Å². The van der Waals surface area contributed by atoms with Crippen molar-refractivity contribution in [1.82, 2.24) is 4.98 Å². The molecule has 0 radical (unpaired) electrons. The summed E-state index contributed by atoms with van der Waals surface area (Å²) in [5, 5.41) is 0. The van der Waals surface area contributed by atoms with Gasteiger partial charge in [-0.25, -0.2) is 9.37 Å². The normalized spacial score (nSPS) is 23.9. The van der Waals surface area contributed by atoms with Gasteiger partial charge in [-0.1, -0.05) is 0 Å². The van der Waals surface area contributed by atoms with Crippen molar-refractivity contribution in [2.75, 3.05) is 26.5 Å². The van der Waals surface area contributed by atoms with E-state index in [0.29, 0.717) is 36.2 Å². The quantitative estimate of drug-likeness (QED) is 0.466. The first-order valence-electron chi connectivity index (χ1n) is 11.5. The molecule has 2 fully saturated rings. The van der Waals surface area contributed by atoms with E-state index >= 15 is 0 Å². The largest absolute Gasteiger partial charge is 0.497 e. The highest BCUT2D eigenvalue weighted by atomic mass is 31.2. The molecule has 1 aromatic carbocycles. The minimum atomic E-state index is -3.09. The van der Waals surface area contributed by atoms with Crippen LogP contribution in [0.1, 0.15) is 61.5 Å². The summed E-state index contributed by atoms with van der Waals surface area (Å²) in [7, 11) is -1.49. The Morgan fingerprint density at radius 2 is 1.91 bits per heavy atom. The summed E-state index contributed by atoms with van der Waals surface area (Å²) in [6, 6.07) is 8.86. The van der Waals surface area contributed by atoms with Crippen LogP contribution in [-0.2, 0) is 4.57 Å². The maximum Gasteiger partial charge on any atom is 0.213 e. The van der Waals surface area contributed by atoms with E-state index in [1.165, 1.54) is 12.7 Å². The van der Waals surface area contributed by atoms with Crippen LogP contribution in [0.4, 0.5) is 4.39 Å². The fourth-order valence-corrected chi connectivity index (χ4v) is 6.17. The Labute approximate surface area is 189 Å². The number of rotatable bonds is 9. The van der Waals surface area contributed by atoms with Gasteiger partial charge in [-0.3, -0.25) is 4.57 Å².